The quantitative estimate of drug-likeness (QED) is 0.864. The lowest BCUT2D eigenvalue weighted by Gasteiger charge is -2.07. The second-order valence-corrected chi connectivity index (χ2v) is 3.65. The molecule has 0 amide bonds. The zero-order chi connectivity index (χ0) is 13.7. The highest BCUT2D eigenvalue weighted by Gasteiger charge is 2.04. The lowest BCUT2D eigenvalue weighted by atomic mass is 10.1. The Labute approximate surface area is 110 Å². The first-order valence-corrected chi connectivity index (χ1v) is 5.48. The van der Waals surface area contributed by atoms with Crippen LogP contribution in [0.5, 0.6) is 0 Å². The standard InChI is InChI=1S/C13H10N6/c1-16-12-5-13(18-8-17-12)19-11-3-2-9(6-14)10(4-11)7-15/h2-5,8H,1H3,(H2,16,17,18,19). The minimum atomic E-state index is 0.329. The third kappa shape index (κ3) is 2.76. The van der Waals surface area contributed by atoms with Gasteiger partial charge in [-0.3, -0.25) is 0 Å². The Balaban J connectivity index is 2.29. The van der Waals surface area contributed by atoms with Crippen molar-refractivity contribution in [3.05, 3.63) is 41.7 Å². The van der Waals surface area contributed by atoms with Gasteiger partial charge in [0.05, 0.1) is 11.1 Å². The highest BCUT2D eigenvalue weighted by Crippen LogP contribution is 2.19. The van der Waals surface area contributed by atoms with Crippen molar-refractivity contribution in [1.82, 2.24) is 9.97 Å². The minimum Gasteiger partial charge on any atom is -0.373 e. The van der Waals surface area contributed by atoms with Crippen LogP contribution < -0.4 is 10.6 Å². The molecule has 1 aromatic heterocycles. The van der Waals surface area contributed by atoms with Gasteiger partial charge in [-0.2, -0.15) is 10.5 Å². The van der Waals surface area contributed by atoms with E-state index < -0.39 is 0 Å². The Hall–Kier alpha value is -3.12. The van der Waals surface area contributed by atoms with E-state index in [4.69, 9.17) is 10.5 Å². The molecule has 2 aromatic rings. The van der Waals surface area contributed by atoms with Crippen LogP contribution in [0, 0.1) is 22.7 Å². The maximum absolute atomic E-state index is 8.96. The molecule has 0 aliphatic rings. The zero-order valence-electron chi connectivity index (χ0n) is 10.2. The number of aromatic nitrogens is 2. The van der Waals surface area contributed by atoms with Crippen molar-refractivity contribution in [2.45, 2.75) is 0 Å². The monoisotopic (exact) mass is 250 g/mol. The number of rotatable bonds is 3. The molecule has 92 valence electrons. The number of anilines is 3. The summed E-state index contributed by atoms with van der Waals surface area (Å²) in [7, 11) is 1.77. The number of benzene rings is 1. The predicted molar refractivity (Wildman–Crippen MR) is 70.7 cm³/mol. The van der Waals surface area contributed by atoms with Crippen LogP contribution in [0.1, 0.15) is 11.1 Å². The average Bonchev–Trinajstić information content (AvgIpc) is 2.47. The molecular formula is C13H10N6. The van der Waals surface area contributed by atoms with E-state index in [-0.39, 0.29) is 0 Å². The van der Waals surface area contributed by atoms with Crippen molar-refractivity contribution in [2.24, 2.45) is 0 Å². The van der Waals surface area contributed by atoms with Crippen molar-refractivity contribution < 1.29 is 0 Å². The highest BCUT2D eigenvalue weighted by molar-refractivity contribution is 5.63. The summed E-state index contributed by atoms with van der Waals surface area (Å²) in [6.07, 6.45) is 1.43. The lowest BCUT2D eigenvalue weighted by Crippen LogP contribution is -1.98. The van der Waals surface area contributed by atoms with E-state index in [1.807, 2.05) is 12.1 Å². The molecule has 19 heavy (non-hydrogen) atoms. The van der Waals surface area contributed by atoms with Gasteiger partial charge in [-0.1, -0.05) is 0 Å². The van der Waals surface area contributed by atoms with E-state index in [9.17, 15) is 0 Å². The number of nitriles is 2. The van der Waals surface area contributed by atoms with Gasteiger partial charge >= 0.3 is 0 Å². The number of nitrogens with one attached hydrogen (secondary N) is 2. The molecule has 0 radical (unpaired) electrons. The van der Waals surface area contributed by atoms with E-state index in [1.54, 1.807) is 31.3 Å². The van der Waals surface area contributed by atoms with Crippen LogP contribution in [0.2, 0.25) is 0 Å². The van der Waals surface area contributed by atoms with Gasteiger partial charge in [0.15, 0.2) is 0 Å². The average molecular weight is 250 g/mol. The summed E-state index contributed by atoms with van der Waals surface area (Å²) in [5, 5.41) is 23.8. The van der Waals surface area contributed by atoms with E-state index in [1.165, 1.54) is 6.33 Å². The van der Waals surface area contributed by atoms with E-state index in [2.05, 4.69) is 20.6 Å². The van der Waals surface area contributed by atoms with Crippen LogP contribution >= 0.6 is 0 Å². The fourth-order valence-corrected chi connectivity index (χ4v) is 1.52. The van der Waals surface area contributed by atoms with Gasteiger partial charge < -0.3 is 10.6 Å². The van der Waals surface area contributed by atoms with Gasteiger partial charge in [-0.15, -0.1) is 0 Å². The fourth-order valence-electron chi connectivity index (χ4n) is 1.52. The van der Waals surface area contributed by atoms with Crippen molar-refractivity contribution in [3.8, 4) is 12.1 Å². The van der Waals surface area contributed by atoms with Gasteiger partial charge in [-0.25, -0.2) is 9.97 Å². The SMILES string of the molecule is CNc1cc(Nc2ccc(C#N)c(C#N)c2)ncn1. The Morgan fingerprint density at radius 2 is 1.74 bits per heavy atom. The molecule has 0 aliphatic heterocycles. The molecule has 1 heterocycles. The van der Waals surface area contributed by atoms with E-state index >= 15 is 0 Å². The van der Waals surface area contributed by atoms with Crippen LogP contribution in [0.3, 0.4) is 0 Å². The molecule has 0 saturated heterocycles. The first-order valence-electron chi connectivity index (χ1n) is 5.48. The topological polar surface area (TPSA) is 97.4 Å². The van der Waals surface area contributed by atoms with Crippen molar-refractivity contribution in [3.63, 3.8) is 0 Å². The molecular weight excluding hydrogens is 240 g/mol. The number of hydrogen-bond donors (Lipinski definition) is 2. The van der Waals surface area contributed by atoms with Crippen LogP contribution in [-0.2, 0) is 0 Å². The maximum Gasteiger partial charge on any atom is 0.135 e. The third-order valence-corrected chi connectivity index (χ3v) is 2.46. The van der Waals surface area contributed by atoms with Gasteiger partial charge in [0.25, 0.3) is 0 Å². The van der Waals surface area contributed by atoms with Crippen LogP contribution in [0.4, 0.5) is 17.3 Å². The largest absolute Gasteiger partial charge is 0.373 e. The summed E-state index contributed by atoms with van der Waals surface area (Å²) in [5.41, 5.74) is 1.37. The summed E-state index contributed by atoms with van der Waals surface area (Å²) in [4.78, 5) is 8.07. The molecule has 0 saturated carbocycles. The van der Waals surface area contributed by atoms with Crippen LogP contribution in [-0.4, -0.2) is 17.0 Å². The Morgan fingerprint density at radius 1 is 1.00 bits per heavy atom. The Kier molecular flexibility index (Phi) is 3.56. The minimum absolute atomic E-state index is 0.329. The molecule has 6 nitrogen and oxygen atoms in total. The molecule has 2 rings (SSSR count). The predicted octanol–water partition coefficient (Wildman–Crippen LogP) is 2.01. The van der Waals surface area contributed by atoms with Gasteiger partial charge in [0.2, 0.25) is 0 Å². The lowest BCUT2D eigenvalue weighted by molar-refractivity contribution is 1.16. The maximum atomic E-state index is 8.96. The first-order chi connectivity index (χ1) is 9.26. The van der Waals surface area contributed by atoms with Gasteiger partial charge in [0.1, 0.15) is 30.1 Å². The van der Waals surface area contributed by atoms with Crippen molar-refractivity contribution >= 4 is 17.3 Å². The van der Waals surface area contributed by atoms with E-state index in [0.717, 1.165) is 0 Å². The molecule has 1 aromatic carbocycles. The molecule has 0 spiro atoms. The smallest absolute Gasteiger partial charge is 0.135 e. The van der Waals surface area contributed by atoms with Gasteiger partial charge in [0, 0.05) is 18.8 Å². The molecule has 0 atom stereocenters. The number of hydrogen-bond acceptors (Lipinski definition) is 6. The van der Waals surface area contributed by atoms with Gasteiger partial charge in [-0.05, 0) is 18.2 Å². The molecule has 2 N–H and O–H groups in total. The third-order valence-electron chi connectivity index (χ3n) is 2.46. The fraction of sp³-hybridized carbons (Fsp3) is 0.0769. The summed E-state index contributed by atoms with van der Waals surface area (Å²) < 4.78 is 0. The Morgan fingerprint density at radius 3 is 2.42 bits per heavy atom. The number of nitrogens with zero attached hydrogens (tertiary/aromatic N) is 4. The zero-order valence-corrected chi connectivity index (χ0v) is 10.2. The molecule has 0 fully saturated rings. The summed E-state index contributed by atoms with van der Waals surface area (Å²) in [6.45, 7) is 0. The van der Waals surface area contributed by atoms with E-state index in [0.29, 0.717) is 28.5 Å². The van der Waals surface area contributed by atoms with Crippen LogP contribution in [0.25, 0.3) is 0 Å². The summed E-state index contributed by atoms with van der Waals surface area (Å²) >= 11 is 0. The summed E-state index contributed by atoms with van der Waals surface area (Å²) in [5.74, 6) is 1.29. The second kappa shape index (κ2) is 5.48. The Bertz CT molecular complexity index is 680. The molecule has 0 aliphatic carbocycles. The molecule has 0 unspecified atom stereocenters. The highest BCUT2D eigenvalue weighted by atomic mass is 15.1. The molecule has 0 bridgehead atoms. The summed E-state index contributed by atoms with van der Waals surface area (Å²) in [6, 6.07) is 10.6. The van der Waals surface area contributed by atoms with Crippen LogP contribution in [0.15, 0.2) is 30.6 Å². The normalized spacial score (nSPS) is 9.21. The molecule has 6 heteroatoms. The second-order valence-electron chi connectivity index (χ2n) is 3.65. The first kappa shape index (κ1) is 12.3. The van der Waals surface area contributed by atoms with Crippen molar-refractivity contribution in [1.29, 1.82) is 10.5 Å². The van der Waals surface area contributed by atoms with Crippen molar-refractivity contribution in [2.75, 3.05) is 17.7 Å².